The van der Waals surface area contributed by atoms with Gasteiger partial charge < -0.3 is 10.5 Å². The molecular formula is C8H15NO3. The van der Waals surface area contributed by atoms with Gasteiger partial charge in [0, 0.05) is 18.8 Å². The second-order valence-corrected chi connectivity index (χ2v) is 3.59. The van der Waals surface area contributed by atoms with Crippen molar-refractivity contribution in [3.05, 3.63) is 0 Å². The molecule has 0 aliphatic rings. The molecule has 0 aromatic rings. The summed E-state index contributed by atoms with van der Waals surface area (Å²) in [6.45, 7) is 5.20. The van der Waals surface area contributed by atoms with Crippen molar-refractivity contribution in [2.75, 3.05) is 6.61 Å². The lowest BCUT2D eigenvalue weighted by Crippen LogP contribution is -2.27. The average molecular weight is 173 g/mol. The van der Waals surface area contributed by atoms with E-state index in [9.17, 15) is 9.59 Å². The lowest BCUT2D eigenvalue weighted by molar-refractivity contribution is -0.145. The molecule has 4 heteroatoms. The molecule has 70 valence electrons. The van der Waals surface area contributed by atoms with Crippen molar-refractivity contribution in [3.8, 4) is 0 Å². The summed E-state index contributed by atoms with van der Waals surface area (Å²) in [5.41, 5.74) is 4.64. The Morgan fingerprint density at radius 3 is 2.25 bits per heavy atom. The number of rotatable bonds is 4. The Morgan fingerprint density at radius 1 is 1.42 bits per heavy atom. The van der Waals surface area contributed by atoms with E-state index in [0.717, 1.165) is 0 Å². The van der Waals surface area contributed by atoms with Gasteiger partial charge >= 0.3 is 5.97 Å². The molecule has 0 aliphatic heterocycles. The molecule has 0 rings (SSSR count). The molecule has 2 N–H and O–H groups in total. The highest BCUT2D eigenvalue weighted by Crippen LogP contribution is 2.19. The molecule has 0 heterocycles. The molecule has 0 atom stereocenters. The lowest BCUT2D eigenvalue weighted by atomic mass is 9.90. The molecule has 0 spiro atoms. The van der Waals surface area contributed by atoms with Gasteiger partial charge in [-0.3, -0.25) is 9.59 Å². The monoisotopic (exact) mass is 173 g/mol. The summed E-state index contributed by atoms with van der Waals surface area (Å²) in [5.74, 6) is -0.723. The van der Waals surface area contributed by atoms with Crippen LogP contribution in [0.5, 0.6) is 0 Å². The van der Waals surface area contributed by atoms with E-state index in [1.54, 1.807) is 0 Å². The van der Waals surface area contributed by atoms with E-state index in [2.05, 4.69) is 0 Å². The number of primary amides is 1. The summed E-state index contributed by atoms with van der Waals surface area (Å²) in [6, 6.07) is 0. The van der Waals surface area contributed by atoms with Gasteiger partial charge in [-0.1, -0.05) is 13.8 Å². The van der Waals surface area contributed by atoms with Gasteiger partial charge in [-0.15, -0.1) is 0 Å². The number of nitrogens with two attached hydrogens (primary N) is 1. The van der Waals surface area contributed by atoms with Gasteiger partial charge in [0.15, 0.2) is 0 Å². The molecule has 0 radical (unpaired) electrons. The van der Waals surface area contributed by atoms with Crippen molar-refractivity contribution in [3.63, 3.8) is 0 Å². The van der Waals surface area contributed by atoms with Crippen molar-refractivity contribution in [2.24, 2.45) is 11.1 Å². The van der Waals surface area contributed by atoms with Gasteiger partial charge in [-0.05, 0) is 0 Å². The van der Waals surface area contributed by atoms with E-state index in [1.165, 1.54) is 6.92 Å². The van der Waals surface area contributed by atoms with Crippen LogP contribution in [0, 0.1) is 5.41 Å². The summed E-state index contributed by atoms with van der Waals surface area (Å²) >= 11 is 0. The van der Waals surface area contributed by atoms with E-state index >= 15 is 0 Å². The van der Waals surface area contributed by atoms with Crippen LogP contribution in [0.2, 0.25) is 0 Å². The first-order valence-corrected chi connectivity index (χ1v) is 3.75. The largest absolute Gasteiger partial charge is 0.465 e. The molecular weight excluding hydrogens is 158 g/mol. The van der Waals surface area contributed by atoms with Gasteiger partial charge in [0.05, 0.1) is 6.61 Å². The first kappa shape index (κ1) is 10.9. The van der Waals surface area contributed by atoms with Gasteiger partial charge in [-0.2, -0.15) is 0 Å². The SMILES string of the molecule is CC(=O)OCC(C)(C)CC(N)=O. The highest BCUT2D eigenvalue weighted by atomic mass is 16.5. The maximum Gasteiger partial charge on any atom is 0.302 e. The predicted molar refractivity (Wildman–Crippen MR) is 44.2 cm³/mol. The average Bonchev–Trinajstić information content (AvgIpc) is 1.81. The number of esters is 1. The zero-order valence-corrected chi connectivity index (χ0v) is 7.72. The summed E-state index contributed by atoms with van der Waals surface area (Å²) in [4.78, 5) is 21.0. The van der Waals surface area contributed by atoms with Crippen LogP contribution in [-0.4, -0.2) is 18.5 Å². The van der Waals surface area contributed by atoms with Crippen molar-refractivity contribution in [1.29, 1.82) is 0 Å². The molecule has 0 aromatic carbocycles. The van der Waals surface area contributed by atoms with E-state index < -0.39 is 0 Å². The fraction of sp³-hybridized carbons (Fsp3) is 0.750. The number of hydrogen-bond acceptors (Lipinski definition) is 3. The van der Waals surface area contributed by atoms with Crippen molar-refractivity contribution < 1.29 is 14.3 Å². The van der Waals surface area contributed by atoms with Crippen molar-refractivity contribution >= 4 is 11.9 Å². The van der Waals surface area contributed by atoms with Crippen molar-refractivity contribution in [1.82, 2.24) is 0 Å². The maximum absolute atomic E-state index is 10.5. The zero-order chi connectivity index (χ0) is 9.78. The maximum atomic E-state index is 10.5. The Balaban J connectivity index is 3.86. The van der Waals surface area contributed by atoms with E-state index in [1.807, 2.05) is 13.8 Å². The molecule has 0 aliphatic carbocycles. The summed E-state index contributed by atoms with van der Waals surface area (Å²) in [7, 11) is 0. The van der Waals surface area contributed by atoms with Crippen LogP contribution in [0.3, 0.4) is 0 Å². The molecule has 1 amide bonds. The Labute approximate surface area is 72.1 Å². The Bertz CT molecular complexity index is 187. The summed E-state index contributed by atoms with van der Waals surface area (Å²) < 4.78 is 4.76. The third-order valence-electron chi connectivity index (χ3n) is 1.32. The third-order valence-corrected chi connectivity index (χ3v) is 1.32. The molecule has 4 nitrogen and oxygen atoms in total. The molecule has 0 unspecified atom stereocenters. The van der Waals surface area contributed by atoms with Crippen LogP contribution >= 0.6 is 0 Å². The number of hydrogen-bond donors (Lipinski definition) is 1. The summed E-state index contributed by atoms with van der Waals surface area (Å²) in [5, 5.41) is 0. The van der Waals surface area contributed by atoms with E-state index in [0.29, 0.717) is 0 Å². The minimum absolute atomic E-state index is 0.222. The number of carbonyl (C=O) groups excluding carboxylic acids is 2. The van der Waals surface area contributed by atoms with Crippen LogP contribution in [0.4, 0.5) is 0 Å². The van der Waals surface area contributed by atoms with Crippen LogP contribution in [0.1, 0.15) is 27.2 Å². The number of carbonyl (C=O) groups is 2. The minimum atomic E-state index is -0.382. The third kappa shape index (κ3) is 5.70. The predicted octanol–water partition coefficient (Wildman–Crippen LogP) is 0.451. The topological polar surface area (TPSA) is 69.4 Å². The molecule has 12 heavy (non-hydrogen) atoms. The second kappa shape index (κ2) is 4.09. The zero-order valence-electron chi connectivity index (χ0n) is 7.72. The van der Waals surface area contributed by atoms with Crippen molar-refractivity contribution in [2.45, 2.75) is 27.2 Å². The van der Waals surface area contributed by atoms with Gasteiger partial charge in [-0.25, -0.2) is 0 Å². The molecule has 0 saturated heterocycles. The highest BCUT2D eigenvalue weighted by molar-refractivity contribution is 5.74. The Morgan fingerprint density at radius 2 is 1.92 bits per heavy atom. The quantitative estimate of drug-likeness (QED) is 0.627. The fourth-order valence-electron chi connectivity index (χ4n) is 0.820. The van der Waals surface area contributed by atoms with Crippen LogP contribution in [0.25, 0.3) is 0 Å². The molecule has 0 fully saturated rings. The number of amides is 1. The Hall–Kier alpha value is -1.06. The first-order chi connectivity index (χ1) is 5.33. The normalized spacial score (nSPS) is 10.9. The highest BCUT2D eigenvalue weighted by Gasteiger charge is 2.21. The van der Waals surface area contributed by atoms with Crippen LogP contribution < -0.4 is 5.73 Å². The van der Waals surface area contributed by atoms with E-state index in [-0.39, 0.29) is 30.3 Å². The molecule has 0 bridgehead atoms. The Kier molecular flexibility index (Phi) is 3.73. The fourth-order valence-corrected chi connectivity index (χ4v) is 0.820. The second-order valence-electron chi connectivity index (χ2n) is 3.59. The minimum Gasteiger partial charge on any atom is -0.465 e. The summed E-state index contributed by atoms with van der Waals surface area (Å²) in [6.07, 6.45) is 0.222. The smallest absolute Gasteiger partial charge is 0.302 e. The van der Waals surface area contributed by atoms with Crippen LogP contribution in [-0.2, 0) is 14.3 Å². The van der Waals surface area contributed by atoms with Gasteiger partial charge in [0.25, 0.3) is 0 Å². The first-order valence-electron chi connectivity index (χ1n) is 3.75. The molecule has 0 aromatic heterocycles. The van der Waals surface area contributed by atoms with Gasteiger partial charge in [0.1, 0.15) is 0 Å². The standard InChI is InChI=1S/C8H15NO3/c1-6(10)12-5-8(2,3)4-7(9)11/h4-5H2,1-3H3,(H2,9,11). The molecule has 0 saturated carbocycles. The number of ether oxygens (including phenoxy) is 1. The van der Waals surface area contributed by atoms with E-state index in [4.69, 9.17) is 10.5 Å². The van der Waals surface area contributed by atoms with Gasteiger partial charge in [0.2, 0.25) is 5.91 Å². The lowest BCUT2D eigenvalue weighted by Gasteiger charge is -2.21. The van der Waals surface area contributed by atoms with Crippen LogP contribution in [0.15, 0.2) is 0 Å².